The highest BCUT2D eigenvalue weighted by molar-refractivity contribution is 5.93. The summed E-state index contributed by atoms with van der Waals surface area (Å²) in [5, 5.41) is 28.6. The smallest absolute Gasteiger partial charge is 0.269 e. The summed E-state index contributed by atoms with van der Waals surface area (Å²) >= 11 is 0. The molecule has 2 bridgehead atoms. The van der Waals surface area contributed by atoms with Gasteiger partial charge in [-0.25, -0.2) is 15.0 Å². The highest BCUT2D eigenvalue weighted by Gasteiger charge is 2.50. The van der Waals surface area contributed by atoms with E-state index in [1.165, 1.54) is 4.90 Å². The van der Waals surface area contributed by atoms with Gasteiger partial charge in [0.2, 0.25) is 6.35 Å². The van der Waals surface area contributed by atoms with Crippen molar-refractivity contribution in [2.45, 2.75) is 38.3 Å². The molecule has 11 nitrogen and oxygen atoms in total. The Kier molecular flexibility index (Phi) is 5.11. The maximum atomic E-state index is 12.7. The van der Waals surface area contributed by atoms with E-state index in [-0.39, 0.29) is 11.6 Å². The third kappa shape index (κ3) is 4.06. The number of aliphatic hydroxyl groups excluding tert-OH is 1. The molecule has 182 valence electrons. The summed E-state index contributed by atoms with van der Waals surface area (Å²) < 4.78 is 5.59. The maximum absolute atomic E-state index is 12.7. The molecule has 2 unspecified atom stereocenters. The number of nitrogens with zero attached hydrogens (tertiary/aromatic N) is 5. The number of aliphatic hydroxyl groups is 2. The van der Waals surface area contributed by atoms with Crippen molar-refractivity contribution in [2.24, 2.45) is 5.92 Å². The molecule has 0 aromatic carbocycles. The zero-order valence-electron chi connectivity index (χ0n) is 19.3. The van der Waals surface area contributed by atoms with Gasteiger partial charge in [0.25, 0.3) is 5.91 Å². The lowest BCUT2D eigenvalue weighted by Gasteiger charge is -2.45. The quantitative estimate of drug-likeness (QED) is 0.372. The molecule has 2 fully saturated rings. The Balaban J connectivity index is 1.29. The van der Waals surface area contributed by atoms with Crippen molar-refractivity contribution >= 4 is 23.2 Å². The molecular formula is C24H27N7O4. The monoisotopic (exact) mass is 477 g/mol. The third-order valence-corrected chi connectivity index (χ3v) is 6.77. The van der Waals surface area contributed by atoms with Crippen molar-refractivity contribution < 1.29 is 19.4 Å². The predicted molar refractivity (Wildman–Crippen MR) is 128 cm³/mol. The molecule has 0 spiro atoms. The van der Waals surface area contributed by atoms with Gasteiger partial charge in [-0.2, -0.15) is 0 Å². The first-order chi connectivity index (χ1) is 16.9. The van der Waals surface area contributed by atoms with E-state index in [2.05, 4.69) is 25.6 Å². The van der Waals surface area contributed by atoms with E-state index in [1.807, 2.05) is 11.0 Å². The zero-order valence-corrected chi connectivity index (χ0v) is 19.3. The lowest BCUT2D eigenvalue weighted by atomic mass is 10.1. The van der Waals surface area contributed by atoms with Crippen molar-refractivity contribution in [1.82, 2.24) is 20.3 Å². The predicted octanol–water partition coefficient (Wildman–Crippen LogP) is 1.69. The molecule has 1 amide bonds. The standard InChI is InChI=1S/C24H27N7O4/c1-14-26-12-19(35-14)16-6-8-25-20(10-16)29-23(33)31-21-18(30-9-7-24(31,34)13-30)5-4-17(28-21)22(32)27-11-15-2-3-15/h4-6,8,10,12,15,23,33-34H,2-3,7,9,11,13H2,1H3,(H,25,29)(H,27,32). The molecule has 3 aromatic heterocycles. The van der Waals surface area contributed by atoms with Crippen LogP contribution in [0.1, 0.15) is 35.6 Å². The molecular weight excluding hydrogens is 450 g/mol. The molecule has 2 atom stereocenters. The number of pyridine rings is 2. The number of anilines is 3. The summed E-state index contributed by atoms with van der Waals surface area (Å²) in [6.07, 6.45) is 4.56. The number of carbonyl (C=O) groups is 1. The first kappa shape index (κ1) is 21.8. The number of fused-ring (bicyclic) bond motifs is 4. The van der Waals surface area contributed by atoms with Gasteiger partial charge in [0.1, 0.15) is 11.5 Å². The van der Waals surface area contributed by atoms with Crippen LogP contribution in [0.25, 0.3) is 11.3 Å². The molecule has 1 aliphatic carbocycles. The molecule has 1 saturated heterocycles. The molecule has 11 heteroatoms. The van der Waals surface area contributed by atoms with Crippen LogP contribution in [0.15, 0.2) is 41.1 Å². The highest BCUT2D eigenvalue weighted by atomic mass is 16.4. The van der Waals surface area contributed by atoms with Gasteiger partial charge < -0.3 is 30.2 Å². The van der Waals surface area contributed by atoms with Crippen LogP contribution in [-0.4, -0.2) is 62.8 Å². The number of hydrogen-bond acceptors (Lipinski definition) is 10. The van der Waals surface area contributed by atoms with Crippen LogP contribution in [0.5, 0.6) is 0 Å². The van der Waals surface area contributed by atoms with Crippen molar-refractivity contribution in [3.63, 3.8) is 0 Å². The summed E-state index contributed by atoms with van der Waals surface area (Å²) in [6, 6.07) is 7.02. The summed E-state index contributed by atoms with van der Waals surface area (Å²) in [5.74, 6) is 2.14. The Hall–Kier alpha value is -3.70. The summed E-state index contributed by atoms with van der Waals surface area (Å²) in [5.41, 5.74) is 0.391. The zero-order chi connectivity index (χ0) is 24.2. The fourth-order valence-corrected chi connectivity index (χ4v) is 4.72. The normalized spacial score (nSPS) is 21.6. The van der Waals surface area contributed by atoms with Gasteiger partial charge in [-0.05, 0) is 43.0 Å². The van der Waals surface area contributed by atoms with Crippen molar-refractivity contribution in [1.29, 1.82) is 0 Å². The van der Waals surface area contributed by atoms with E-state index in [9.17, 15) is 15.0 Å². The summed E-state index contributed by atoms with van der Waals surface area (Å²) in [6.45, 7) is 3.33. The van der Waals surface area contributed by atoms with Crippen molar-refractivity contribution in [3.8, 4) is 11.3 Å². The molecule has 3 aliphatic rings. The third-order valence-electron chi connectivity index (χ3n) is 6.77. The van der Waals surface area contributed by atoms with Crippen molar-refractivity contribution in [3.05, 3.63) is 48.2 Å². The number of oxazole rings is 1. The Labute approximate surface area is 201 Å². The van der Waals surface area contributed by atoms with Gasteiger partial charge in [-0.1, -0.05) is 0 Å². The highest BCUT2D eigenvalue weighted by Crippen LogP contribution is 2.44. The first-order valence-electron chi connectivity index (χ1n) is 11.8. The minimum Gasteiger partial charge on any atom is -0.441 e. The lowest BCUT2D eigenvalue weighted by molar-refractivity contribution is 0.0153. The number of nitrogens with one attached hydrogen (secondary N) is 2. The molecule has 6 rings (SSSR count). The number of aromatic nitrogens is 3. The van der Waals surface area contributed by atoms with E-state index < -0.39 is 12.1 Å². The largest absolute Gasteiger partial charge is 0.441 e. The average molecular weight is 478 g/mol. The second kappa shape index (κ2) is 8.21. The molecule has 0 radical (unpaired) electrons. The van der Waals surface area contributed by atoms with Gasteiger partial charge in [0.15, 0.2) is 23.2 Å². The van der Waals surface area contributed by atoms with Crippen LogP contribution in [0.2, 0.25) is 0 Å². The molecule has 2 aliphatic heterocycles. The fourth-order valence-electron chi connectivity index (χ4n) is 4.72. The van der Waals surface area contributed by atoms with Crippen LogP contribution >= 0.6 is 0 Å². The summed E-state index contributed by atoms with van der Waals surface area (Å²) in [7, 11) is 0. The van der Waals surface area contributed by atoms with Gasteiger partial charge in [-0.15, -0.1) is 0 Å². The minimum absolute atomic E-state index is 0.244. The SMILES string of the molecule is Cc1ncc(-c2ccnc(NC(O)N3c4nc(C(=O)NCC5CC5)ccc4N4CCC3(O)C4)c2)o1. The van der Waals surface area contributed by atoms with Crippen LogP contribution in [0.4, 0.5) is 17.3 Å². The van der Waals surface area contributed by atoms with Crippen LogP contribution < -0.4 is 20.4 Å². The van der Waals surface area contributed by atoms with Crippen LogP contribution in [-0.2, 0) is 0 Å². The number of amides is 1. The second-order valence-corrected chi connectivity index (χ2v) is 9.41. The molecule has 3 aromatic rings. The number of carbonyl (C=O) groups excluding carboxylic acids is 1. The van der Waals surface area contributed by atoms with Crippen LogP contribution in [0, 0.1) is 12.8 Å². The van der Waals surface area contributed by atoms with Gasteiger partial charge in [0, 0.05) is 38.2 Å². The Morgan fingerprint density at radius 1 is 1.31 bits per heavy atom. The van der Waals surface area contributed by atoms with E-state index >= 15 is 0 Å². The van der Waals surface area contributed by atoms with Gasteiger partial charge in [0.05, 0.1) is 18.4 Å². The van der Waals surface area contributed by atoms with Gasteiger partial charge in [-0.3, -0.25) is 9.69 Å². The Morgan fingerprint density at radius 3 is 2.94 bits per heavy atom. The average Bonchev–Trinajstić information content (AvgIpc) is 3.48. The molecule has 35 heavy (non-hydrogen) atoms. The van der Waals surface area contributed by atoms with E-state index in [0.717, 1.165) is 24.1 Å². The maximum Gasteiger partial charge on any atom is 0.269 e. The molecule has 1 saturated carbocycles. The summed E-state index contributed by atoms with van der Waals surface area (Å²) in [4.78, 5) is 29.2. The van der Waals surface area contributed by atoms with E-state index in [4.69, 9.17) is 4.42 Å². The minimum atomic E-state index is -1.35. The molecule has 5 heterocycles. The number of hydrogen-bond donors (Lipinski definition) is 4. The second-order valence-electron chi connectivity index (χ2n) is 9.41. The Morgan fingerprint density at radius 2 is 2.17 bits per heavy atom. The van der Waals surface area contributed by atoms with Crippen LogP contribution in [0.3, 0.4) is 0 Å². The van der Waals surface area contributed by atoms with Crippen molar-refractivity contribution in [2.75, 3.05) is 34.8 Å². The lowest BCUT2D eigenvalue weighted by Crippen LogP contribution is -2.60. The molecule has 4 N–H and O–H groups in total. The fraction of sp³-hybridized carbons (Fsp3) is 0.417. The number of rotatable bonds is 7. The Bertz CT molecular complexity index is 1280. The first-order valence-corrected chi connectivity index (χ1v) is 11.8. The van der Waals surface area contributed by atoms with E-state index in [0.29, 0.717) is 55.3 Å². The topological polar surface area (TPSA) is 140 Å². The van der Waals surface area contributed by atoms with Gasteiger partial charge >= 0.3 is 0 Å². The number of aryl methyl sites for hydroxylation is 1. The van der Waals surface area contributed by atoms with E-state index in [1.54, 1.807) is 37.5 Å².